The van der Waals surface area contributed by atoms with E-state index in [-0.39, 0.29) is 18.4 Å². The van der Waals surface area contributed by atoms with Crippen LogP contribution in [0, 0.1) is 0 Å². The minimum absolute atomic E-state index is 0.0947. The highest BCUT2D eigenvalue weighted by Gasteiger charge is 2.22. The van der Waals surface area contributed by atoms with Gasteiger partial charge in [-0.15, -0.1) is 0 Å². The molecule has 2 rings (SSSR count). The van der Waals surface area contributed by atoms with Crippen molar-refractivity contribution < 1.29 is 19.1 Å². The largest absolute Gasteiger partial charge is 0.444 e. The van der Waals surface area contributed by atoms with Gasteiger partial charge in [0, 0.05) is 45.3 Å². The van der Waals surface area contributed by atoms with Crippen molar-refractivity contribution in [3.8, 4) is 0 Å². The van der Waals surface area contributed by atoms with E-state index in [4.69, 9.17) is 4.74 Å². The fourth-order valence-corrected chi connectivity index (χ4v) is 2.97. The Morgan fingerprint density at radius 3 is 2.44 bits per heavy atom. The average molecular weight is 447 g/mol. The van der Waals surface area contributed by atoms with Crippen LogP contribution in [0.2, 0.25) is 0 Å². The Morgan fingerprint density at radius 1 is 1.12 bits per heavy atom. The molecular formula is C22H34N6O4. The van der Waals surface area contributed by atoms with Crippen LogP contribution in [0.4, 0.5) is 4.79 Å². The van der Waals surface area contributed by atoms with E-state index < -0.39 is 11.7 Å². The second-order valence-corrected chi connectivity index (χ2v) is 8.41. The fourth-order valence-electron chi connectivity index (χ4n) is 2.97. The van der Waals surface area contributed by atoms with E-state index in [9.17, 15) is 14.4 Å². The summed E-state index contributed by atoms with van der Waals surface area (Å²) in [4.78, 5) is 41.3. The minimum atomic E-state index is -0.510. The molecule has 3 amide bonds. The molecule has 32 heavy (non-hydrogen) atoms. The summed E-state index contributed by atoms with van der Waals surface area (Å²) in [5.41, 5.74) is 1.04. The van der Waals surface area contributed by atoms with E-state index in [1.54, 1.807) is 24.1 Å². The highest BCUT2D eigenvalue weighted by Crippen LogP contribution is 2.09. The number of rotatable bonds is 7. The standard InChI is InChI=1S/C22H34N6O4/c1-22(2,3)32-21(31)26-11-5-10-25-20(23-4)27-14-16-6-8-17(9-7-16)19(30)28-13-12-24-18(29)15-28/h6-9H,5,10-15H2,1-4H3,(H,24,29)(H,26,31)(H2,23,25,27). The van der Waals surface area contributed by atoms with Crippen molar-refractivity contribution in [2.45, 2.75) is 39.3 Å². The molecule has 1 aliphatic heterocycles. The van der Waals surface area contributed by atoms with E-state index in [0.29, 0.717) is 50.7 Å². The van der Waals surface area contributed by atoms with Gasteiger partial charge in [-0.05, 0) is 44.9 Å². The third-order valence-corrected chi connectivity index (χ3v) is 4.52. The first-order valence-corrected chi connectivity index (χ1v) is 10.7. The third kappa shape index (κ3) is 8.83. The lowest BCUT2D eigenvalue weighted by atomic mass is 10.1. The lowest BCUT2D eigenvalue weighted by molar-refractivity contribution is -0.123. The van der Waals surface area contributed by atoms with Gasteiger partial charge in [0.2, 0.25) is 5.91 Å². The van der Waals surface area contributed by atoms with Gasteiger partial charge in [0.05, 0.1) is 6.54 Å². The zero-order valence-electron chi connectivity index (χ0n) is 19.3. The summed E-state index contributed by atoms with van der Waals surface area (Å²) in [6.45, 7) is 8.23. The Morgan fingerprint density at radius 2 is 1.81 bits per heavy atom. The second kappa shape index (κ2) is 11.9. The number of ether oxygens (including phenoxy) is 1. The van der Waals surface area contributed by atoms with E-state index in [0.717, 1.165) is 5.56 Å². The molecule has 1 aliphatic rings. The quantitative estimate of drug-likeness (QED) is 0.280. The van der Waals surface area contributed by atoms with Crippen molar-refractivity contribution in [3.63, 3.8) is 0 Å². The van der Waals surface area contributed by atoms with Gasteiger partial charge < -0.3 is 30.9 Å². The molecule has 0 spiro atoms. The number of nitrogens with zero attached hydrogens (tertiary/aromatic N) is 2. The maximum atomic E-state index is 12.5. The summed E-state index contributed by atoms with van der Waals surface area (Å²) in [6, 6.07) is 7.29. The average Bonchev–Trinajstić information content (AvgIpc) is 2.74. The Balaban J connectivity index is 1.70. The predicted octanol–water partition coefficient (Wildman–Crippen LogP) is 0.838. The van der Waals surface area contributed by atoms with Crippen LogP contribution in [0.5, 0.6) is 0 Å². The van der Waals surface area contributed by atoms with Crippen molar-refractivity contribution in [2.75, 3.05) is 39.8 Å². The first-order valence-electron chi connectivity index (χ1n) is 10.7. The Kier molecular flexibility index (Phi) is 9.30. The third-order valence-electron chi connectivity index (χ3n) is 4.52. The van der Waals surface area contributed by atoms with Crippen molar-refractivity contribution in [1.82, 2.24) is 26.2 Å². The number of alkyl carbamates (subject to hydrolysis) is 1. The molecule has 0 radical (unpaired) electrons. The van der Waals surface area contributed by atoms with Crippen molar-refractivity contribution in [2.24, 2.45) is 4.99 Å². The number of aliphatic imine (C=N–C) groups is 1. The Labute approximate surface area is 189 Å². The fraction of sp³-hybridized carbons (Fsp3) is 0.545. The SMILES string of the molecule is CN=C(NCCCNC(=O)OC(C)(C)C)NCc1ccc(C(=O)N2CCNC(=O)C2)cc1. The highest BCUT2D eigenvalue weighted by atomic mass is 16.6. The molecule has 0 bridgehead atoms. The zero-order chi connectivity index (χ0) is 23.6. The van der Waals surface area contributed by atoms with E-state index in [1.165, 1.54) is 0 Å². The molecule has 10 nitrogen and oxygen atoms in total. The molecule has 0 atom stereocenters. The molecule has 0 aliphatic carbocycles. The van der Waals surface area contributed by atoms with Gasteiger partial charge in [-0.1, -0.05) is 12.1 Å². The van der Waals surface area contributed by atoms with Gasteiger partial charge in [-0.2, -0.15) is 0 Å². The summed E-state index contributed by atoms with van der Waals surface area (Å²) in [6.07, 6.45) is 0.288. The number of nitrogens with one attached hydrogen (secondary N) is 4. The predicted molar refractivity (Wildman–Crippen MR) is 122 cm³/mol. The van der Waals surface area contributed by atoms with Crippen LogP contribution in [0.15, 0.2) is 29.3 Å². The summed E-state index contributed by atoms with van der Waals surface area (Å²) in [5.74, 6) is 0.364. The lowest BCUT2D eigenvalue weighted by Crippen LogP contribution is -2.49. The molecule has 1 heterocycles. The summed E-state index contributed by atoms with van der Waals surface area (Å²) < 4.78 is 5.19. The van der Waals surface area contributed by atoms with Crippen LogP contribution in [0.1, 0.15) is 43.1 Å². The van der Waals surface area contributed by atoms with Crippen LogP contribution in [0.25, 0.3) is 0 Å². The topological polar surface area (TPSA) is 124 Å². The number of carbonyl (C=O) groups excluding carboxylic acids is 3. The van der Waals surface area contributed by atoms with Crippen LogP contribution in [-0.4, -0.2) is 74.1 Å². The summed E-state index contributed by atoms with van der Waals surface area (Å²) in [7, 11) is 1.69. The monoisotopic (exact) mass is 446 g/mol. The lowest BCUT2D eigenvalue weighted by Gasteiger charge is -2.26. The van der Waals surface area contributed by atoms with Gasteiger partial charge in [0.1, 0.15) is 5.60 Å². The second-order valence-electron chi connectivity index (χ2n) is 8.41. The zero-order valence-corrected chi connectivity index (χ0v) is 19.3. The van der Waals surface area contributed by atoms with Gasteiger partial charge in [-0.3, -0.25) is 14.6 Å². The first kappa shape index (κ1) is 25.0. The van der Waals surface area contributed by atoms with Crippen LogP contribution >= 0.6 is 0 Å². The minimum Gasteiger partial charge on any atom is -0.444 e. The smallest absolute Gasteiger partial charge is 0.407 e. The summed E-state index contributed by atoms with van der Waals surface area (Å²) in [5, 5.41) is 11.8. The van der Waals surface area contributed by atoms with Gasteiger partial charge in [0.25, 0.3) is 5.91 Å². The Hall–Kier alpha value is -3.30. The Bertz CT molecular complexity index is 817. The van der Waals surface area contributed by atoms with Crippen LogP contribution < -0.4 is 21.3 Å². The number of benzene rings is 1. The molecule has 1 saturated heterocycles. The number of guanidine groups is 1. The molecule has 0 aromatic heterocycles. The molecule has 1 aromatic carbocycles. The molecule has 176 valence electrons. The number of piperazine rings is 1. The van der Waals surface area contributed by atoms with E-state index in [1.807, 2.05) is 32.9 Å². The van der Waals surface area contributed by atoms with E-state index in [2.05, 4.69) is 26.3 Å². The normalized spacial score (nSPS) is 14.4. The van der Waals surface area contributed by atoms with Crippen molar-refractivity contribution >= 4 is 23.9 Å². The van der Waals surface area contributed by atoms with Gasteiger partial charge >= 0.3 is 6.09 Å². The van der Waals surface area contributed by atoms with Crippen molar-refractivity contribution in [3.05, 3.63) is 35.4 Å². The molecule has 1 fully saturated rings. The number of carbonyl (C=O) groups is 3. The van der Waals surface area contributed by atoms with E-state index >= 15 is 0 Å². The maximum Gasteiger partial charge on any atom is 0.407 e. The molecule has 1 aromatic rings. The number of amides is 3. The van der Waals surface area contributed by atoms with Crippen LogP contribution in [-0.2, 0) is 16.1 Å². The van der Waals surface area contributed by atoms with Gasteiger partial charge in [0.15, 0.2) is 5.96 Å². The molecular weight excluding hydrogens is 412 g/mol. The number of hydrogen-bond acceptors (Lipinski definition) is 5. The first-order chi connectivity index (χ1) is 15.2. The number of hydrogen-bond donors (Lipinski definition) is 4. The maximum absolute atomic E-state index is 12.5. The van der Waals surface area contributed by atoms with Gasteiger partial charge in [-0.25, -0.2) is 4.79 Å². The van der Waals surface area contributed by atoms with Crippen molar-refractivity contribution in [1.29, 1.82) is 0 Å². The molecule has 10 heteroatoms. The summed E-state index contributed by atoms with van der Waals surface area (Å²) >= 11 is 0. The van der Waals surface area contributed by atoms with Crippen LogP contribution in [0.3, 0.4) is 0 Å². The molecule has 0 saturated carbocycles. The highest BCUT2D eigenvalue weighted by molar-refractivity contribution is 5.97. The molecule has 0 unspecified atom stereocenters. The molecule has 4 N–H and O–H groups in total.